The van der Waals surface area contributed by atoms with Crippen molar-refractivity contribution in [3.8, 4) is 11.3 Å². The third-order valence-corrected chi connectivity index (χ3v) is 2.92. The first-order valence-electron chi connectivity index (χ1n) is 5.53. The van der Waals surface area contributed by atoms with E-state index in [0.717, 1.165) is 4.68 Å². The summed E-state index contributed by atoms with van der Waals surface area (Å²) < 4.78 is 1.13. The number of non-ortho nitro benzene ring substituents is 1. The fraction of sp³-hybridized carbons (Fsp3) is 0.0833. The first-order chi connectivity index (χ1) is 9.40. The molecule has 0 fully saturated rings. The number of hydrogen-bond acceptors (Lipinski definition) is 5. The van der Waals surface area contributed by atoms with Gasteiger partial charge < -0.3 is 5.73 Å². The number of aryl methyl sites for hydroxylation is 1. The number of hydrogen-bond donors (Lipinski definition) is 1. The Morgan fingerprint density at radius 2 is 2.00 bits per heavy atom. The third kappa shape index (κ3) is 2.54. The summed E-state index contributed by atoms with van der Waals surface area (Å²) in [5, 5.41) is 14.7. The van der Waals surface area contributed by atoms with E-state index in [-0.39, 0.29) is 21.8 Å². The lowest BCUT2D eigenvalue weighted by Crippen LogP contribution is -2.29. The average molecular weight is 290 g/mol. The molecule has 0 amide bonds. The van der Waals surface area contributed by atoms with Gasteiger partial charge in [-0.25, -0.2) is 4.68 Å². The van der Waals surface area contributed by atoms with Crippen LogP contribution in [-0.4, -0.2) is 19.7 Å². The molecule has 0 aliphatic rings. The number of benzene rings is 1. The Balaban J connectivity index is 2.55. The van der Waals surface area contributed by atoms with E-state index in [0.29, 0.717) is 11.3 Å². The fourth-order valence-corrected chi connectivity index (χ4v) is 1.83. The van der Waals surface area contributed by atoms with Crippen molar-refractivity contribution in [2.45, 2.75) is 0 Å². The lowest BCUT2D eigenvalue weighted by atomic mass is 10.1. The van der Waals surface area contributed by atoms with Gasteiger partial charge in [-0.05, 0) is 18.2 Å². The number of thiocarbonyl (C=S) groups is 1. The molecule has 2 rings (SSSR count). The summed E-state index contributed by atoms with van der Waals surface area (Å²) >= 11 is 4.82. The minimum Gasteiger partial charge on any atom is -0.389 e. The van der Waals surface area contributed by atoms with Crippen molar-refractivity contribution >= 4 is 22.9 Å². The molecule has 7 nitrogen and oxygen atoms in total. The zero-order valence-electron chi connectivity index (χ0n) is 10.4. The van der Waals surface area contributed by atoms with Crippen molar-refractivity contribution in [3.05, 3.63) is 56.4 Å². The maximum Gasteiger partial charge on any atom is 0.276 e. The molecule has 0 radical (unpaired) electrons. The summed E-state index contributed by atoms with van der Waals surface area (Å²) in [5.74, 6) is 0. The Labute approximate surface area is 118 Å². The molecule has 0 saturated heterocycles. The predicted octanol–water partition coefficient (Wildman–Crippen LogP) is 0.990. The first kappa shape index (κ1) is 13.8. The minimum absolute atomic E-state index is 0.0174. The normalized spacial score (nSPS) is 10.2. The standard InChI is InChI=1S/C12H10N4O3S/c1-15-12(17)9(11(13)20)6-10(14-15)7-2-4-8(5-3-7)16(18)19/h2-6H,1H3,(H2,13,20). The third-order valence-electron chi connectivity index (χ3n) is 2.70. The van der Waals surface area contributed by atoms with Crippen LogP contribution >= 0.6 is 12.2 Å². The summed E-state index contributed by atoms with van der Waals surface area (Å²) in [6.07, 6.45) is 0. The molecule has 0 aliphatic heterocycles. The van der Waals surface area contributed by atoms with E-state index in [2.05, 4.69) is 5.10 Å². The number of rotatable bonds is 3. The molecule has 1 heterocycles. The van der Waals surface area contributed by atoms with Gasteiger partial charge in [0.05, 0.1) is 16.2 Å². The van der Waals surface area contributed by atoms with Crippen molar-refractivity contribution < 1.29 is 4.92 Å². The topological polar surface area (TPSA) is 104 Å². The number of nitrogens with two attached hydrogens (primary N) is 1. The van der Waals surface area contributed by atoms with Gasteiger partial charge in [-0.3, -0.25) is 14.9 Å². The Morgan fingerprint density at radius 1 is 1.40 bits per heavy atom. The van der Waals surface area contributed by atoms with Gasteiger partial charge in [-0.1, -0.05) is 12.2 Å². The lowest BCUT2D eigenvalue weighted by molar-refractivity contribution is -0.384. The number of nitrogens with zero attached hydrogens (tertiary/aromatic N) is 3. The highest BCUT2D eigenvalue weighted by Crippen LogP contribution is 2.20. The van der Waals surface area contributed by atoms with Crippen LogP contribution in [0.15, 0.2) is 35.1 Å². The lowest BCUT2D eigenvalue weighted by Gasteiger charge is -2.06. The molecule has 0 unspecified atom stereocenters. The number of aromatic nitrogens is 2. The summed E-state index contributed by atoms with van der Waals surface area (Å²) in [6, 6.07) is 7.31. The van der Waals surface area contributed by atoms with Crippen LogP contribution in [0.5, 0.6) is 0 Å². The maximum atomic E-state index is 11.8. The van der Waals surface area contributed by atoms with Crippen LogP contribution < -0.4 is 11.3 Å². The molecule has 8 heteroatoms. The molecule has 1 aromatic carbocycles. The van der Waals surface area contributed by atoms with Crippen LogP contribution in [-0.2, 0) is 7.05 Å². The molecule has 102 valence electrons. The summed E-state index contributed by atoms with van der Waals surface area (Å²) in [4.78, 5) is 21.9. The molecule has 0 saturated carbocycles. The Kier molecular flexibility index (Phi) is 3.57. The van der Waals surface area contributed by atoms with Crippen molar-refractivity contribution in [2.75, 3.05) is 0 Å². The van der Waals surface area contributed by atoms with E-state index < -0.39 is 4.92 Å². The quantitative estimate of drug-likeness (QED) is 0.513. The van der Waals surface area contributed by atoms with Crippen LogP contribution in [0.2, 0.25) is 0 Å². The second kappa shape index (κ2) is 5.17. The van der Waals surface area contributed by atoms with E-state index in [9.17, 15) is 14.9 Å². The molecule has 2 N–H and O–H groups in total. The van der Waals surface area contributed by atoms with E-state index in [4.69, 9.17) is 18.0 Å². The van der Waals surface area contributed by atoms with E-state index in [1.54, 1.807) is 12.1 Å². The summed E-state index contributed by atoms with van der Waals surface area (Å²) in [5.41, 5.74) is 6.37. The zero-order chi connectivity index (χ0) is 14.9. The molecular weight excluding hydrogens is 280 g/mol. The zero-order valence-corrected chi connectivity index (χ0v) is 11.3. The maximum absolute atomic E-state index is 11.8. The molecule has 0 spiro atoms. The van der Waals surface area contributed by atoms with Crippen molar-refractivity contribution in [1.29, 1.82) is 0 Å². The fourth-order valence-electron chi connectivity index (χ4n) is 1.68. The van der Waals surface area contributed by atoms with Gasteiger partial charge in [0.15, 0.2) is 0 Å². The second-order valence-corrected chi connectivity index (χ2v) is 4.48. The Morgan fingerprint density at radius 3 is 2.50 bits per heavy atom. The van der Waals surface area contributed by atoms with Crippen LogP contribution in [0.3, 0.4) is 0 Å². The molecule has 0 bridgehead atoms. The van der Waals surface area contributed by atoms with Crippen LogP contribution in [0.1, 0.15) is 5.56 Å². The second-order valence-electron chi connectivity index (χ2n) is 4.04. The van der Waals surface area contributed by atoms with Crippen molar-refractivity contribution in [3.63, 3.8) is 0 Å². The number of nitro groups is 1. The van der Waals surface area contributed by atoms with E-state index in [1.165, 1.54) is 25.2 Å². The van der Waals surface area contributed by atoms with Gasteiger partial charge in [-0.2, -0.15) is 5.10 Å². The Bertz CT molecular complexity index is 752. The van der Waals surface area contributed by atoms with Crippen LogP contribution in [0.25, 0.3) is 11.3 Å². The van der Waals surface area contributed by atoms with Gasteiger partial charge in [0, 0.05) is 24.7 Å². The molecule has 20 heavy (non-hydrogen) atoms. The van der Waals surface area contributed by atoms with Gasteiger partial charge >= 0.3 is 0 Å². The van der Waals surface area contributed by atoms with Crippen molar-refractivity contribution in [2.24, 2.45) is 12.8 Å². The average Bonchev–Trinajstić information content (AvgIpc) is 2.41. The highest BCUT2D eigenvalue weighted by atomic mass is 32.1. The number of nitro benzene ring substituents is 1. The highest BCUT2D eigenvalue weighted by Gasteiger charge is 2.11. The minimum atomic E-state index is -0.488. The van der Waals surface area contributed by atoms with Crippen LogP contribution in [0, 0.1) is 10.1 Å². The van der Waals surface area contributed by atoms with Crippen molar-refractivity contribution in [1.82, 2.24) is 9.78 Å². The summed E-state index contributed by atoms with van der Waals surface area (Å²) in [6.45, 7) is 0. The van der Waals surface area contributed by atoms with E-state index in [1.807, 2.05) is 0 Å². The summed E-state index contributed by atoms with van der Waals surface area (Å²) in [7, 11) is 1.49. The SMILES string of the molecule is Cn1nc(-c2ccc([N+](=O)[O-])cc2)cc(C(N)=S)c1=O. The molecule has 1 aromatic heterocycles. The van der Waals surface area contributed by atoms with Gasteiger partial charge in [0.2, 0.25) is 0 Å². The smallest absolute Gasteiger partial charge is 0.276 e. The molecular formula is C12H10N4O3S. The monoisotopic (exact) mass is 290 g/mol. The van der Waals surface area contributed by atoms with E-state index >= 15 is 0 Å². The van der Waals surface area contributed by atoms with Gasteiger partial charge in [-0.15, -0.1) is 0 Å². The highest BCUT2D eigenvalue weighted by molar-refractivity contribution is 7.80. The Hall–Kier alpha value is -2.61. The van der Waals surface area contributed by atoms with Gasteiger partial charge in [0.1, 0.15) is 4.99 Å². The predicted molar refractivity (Wildman–Crippen MR) is 77.5 cm³/mol. The molecule has 2 aromatic rings. The molecule has 0 atom stereocenters. The largest absolute Gasteiger partial charge is 0.389 e. The van der Waals surface area contributed by atoms with Crippen LogP contribution in [0.4, 0.5) is 5.69 Å². The first-order valence-corrected chi connectivity index (χ1v) is 5.94. The molecule has 0 aliphatic carbocycles. The van der Waals surface area contributed by atoms with Gasteiger partial charge in [0.25, 0.3) is 11.2 Å².